The third kappa shape index (κ3) is 4.55. The molecule has 0 bridgehead atoms. The Morgan fingerprint density at radius 1 is 0.971 bits per heavy atom. The van der Waals surface area contributed by atoms with Crippen molar-refractivity contribution in [1.82, 2.24) is 14.7 Å². The number of rotatable bonds is 8. The molecule has 182 valence electrons. The molecule has 34 heavy (non-hydrogen) atoms. The summed E-state index contributed by atoms with van der Waals surface area (Å²) in [4.78, 5) is 32.8. The molecular weight excluding hydrogens is 434 g/mol. The summed E-state index contributed by atoms with van der Waals surface area (Å²) in [5.41, 5.74) is 2.43. The Balaban J connectivity index is 1.68. The molecule has 2 aliphatic heterocycles. The number of hydrogen-bond acceptors (Lipinski definition) is 6. The van der Waals surface area contributed by atoms with Crippen molar-refractivity contribution in [3.63, 3.8) is 0 Å². The number of likely N-dealkylation sites (N-methyl/N-ethyl adjacent to an activating group) is 1. The Labute approximate surface area is 201 Å². The molecule has 1 fully saturated rings. The van der Waals surface area contributed by atoms with Crippen LogP contribution in [0.4, 0.5) is 0 Å². The van der Waals surface area contributed by atoms with E-state index in [9.17, 15) is 9.59 Å². The lowest BCUT2D eigenvalue weighted by molar-refractivity contribution is -0.134. The minimum Gasteiger partial charge on any atom is -0.493 e. The molecule has 8 nitrogen and oxygen atoms in total. The van der Waals surface area contributed by atoms with Gasteiger partial charge in [-0.05, 0) is 35.9 Å². The van der Waals surface area contributed by atoms with Gasteiger partial charge in [-0.15, -0.1) is 0 Å². The molecule has 2 aromatic carbocycles. The van der Waals surface area contributed by atoms with Crippen LogP contribution in [-0.2, 0) is 11.3 Å². The van der Waals surface area contributed by atoms with E-state index in [1.165, 1.54) is 0 Å². The number of hydrogen-bond donors (Lipinski definition) is 0. The first kappa shape index (κ1) is 23.9. The predicted molar refractivity (Wildman–Crippen MR) is 128 cm³/mol. The van der Waals surface area contributed by atoms with Crippen LogP contribution >= 0.6 is 0 Å². The lowest BCUT2D eigenvalue weighted by atomic mass is 9.99. The van der Waals surface area contributed by atoms with Gasteiger partial charge in [-0.3, -0.25) is 9.59 Å². The van der Waals surface area contributed by atoms with Crippen LogP contribution in [0, 0.1) is 0 Å². The van der Waals surface area contributed by atoms with Crippen LogP contribution < -0.4 is 14.2 Å². The second-order valence-electron chi connectivity index (χ2n) is 8.58. The standard InChI is InChI=1S/C26H33N3O5/c1-5-27-10-12-28(13-11-27)24(30)16-21(29-17-18-8-6-7-9-20(18)26(29)31)19-14-22(32-2)25(34-4)23(15-19)33-3/h6-9,14-15,21H,5,10-13,16-17H2,1-4H3/t21-/m0/s1. The monoisotopic (exact) mass is 467 g/mol. The van der Waals surface area contributed by atoms with Crippen molar-refractivity contribution in [2.75, 3.05) is 54.1 Å². The fourth-order valence-corrected chi connectivity index (χ4v) is 4.84. The zero-order valence-electron chi connectivity index (χ0n) is 20.4. The SMILES string of the molecule is CCN1CCN(C(=O)C[C@@H](c2cc(OC)c(OC)c(OC)c2)N2Cc3ccccc3C2=O)CC1. The highest BCUT2D eigenvalue weighted by Gasteiger charge is 2.36. The average molecular weight is 468 g/mol. The number of ether oxygens (including phenoxy) is 3. The molecule has 0 aromatic heterocycles. The number of methoxy groups -OCH3 is 3. The van der Waals surface area contributed by atoms with E-state index in [0.717, 1.165) is 30.8 Å². The van der Waals surface area contributed by atoms with Gasteiger partial charge in [0.1, 0.15) is 0 Å². The molecule has 2 aromatic rings. The summed E-state index contributed by atoms with van der Waals surface area (Å²) in [5, 5.41) is 0. The van der Waals surface area contributed by atoms with Gasteiger partial charge in [0, 0.05) is 38.3 Å². The first-order chi connectivity index (χ1) is 16.5. The predicted octanol–water partition coefficient (Wildman–Crippen LogP) is 2.96. The first-order valence-corrected chi connectivity index (χ1v) is 11.7. The molecule has 4 rings (SSSR count). The fraction of sp³-hybridized carbons (Fsp3) is 0.462. The van der Waals surface area contributed by atoms with Crippen LogP contribution in [0.2, 0.25) is 0 Å². The largest absolute Gasteiger partial charge is 0.493 e. The van der Waals surface area contributed by atoms with Crippen molar-refractivity contribution in [2.45, 2.75) is 25.9 Å². The van der Waals surface area contributed by atoms with Gasteiger partial charge in [-0.25, -0.2) is 0 Å². The highest BCUT2D eigenvalue weighted by atomic mass is 16.5. The van der Waals surface area contributed by atoms with Gasteiger partial charge < -0.3 is 28.9 Å². The van der Waals surface area contributed by atoms with Crippen LogP contribution in [0.3, 0.4) is 0 Å². The molecule has 0 aliphatic carbocycles. The molecular formula is C26H33N3O5. The maximum Gasteiger partial charge on any atom is 0.255 e. The highest BCUT2D eigenvalue weighted by molar-refractivity contribution is 5.99. The van der Waals surface area contributed by atoms with Gasteiger partial charge in [0.05, 0.1) is 33.8 Å². The van der Waals surface area contributed by atoms with E-state index in [1.807, 2.05) is 41.3 Å². The number of fused-ring (bicyclic) bond motifs is 1. The maximum atomic E-state index is 13.4. The van der Waals surface area contributed by atoms with Crippen LogP contribution in [0.5, 0.6) is 17.2 Å². The van der Waals surface area contributed by atoms with Crippen LogP contribution in [0.15, 0.2) is 36.4 Å². The van der Waals surface area contributed by atoms with Gasteiger partial charge in [0.2, 0.25) is 11.7 Å². The van der Waals surface area contributed by atoms with Gasteiger partial charge >= 0.3 is 0 Å². The zero-order chi connectivity index (χ0) is 24.2. The summed E-state index contributed by atoms with van der Waals surface area (Å²) in [7, 11) is 4.67. The molecule has 0 N–H and O–H groups in total. The highest BCUT2D eigenvalue weighted by Crippen LogP contribution is 2.43. The number of piperazine rings is 1. The number of benzene rings is 2. The van der Waals surface area contributed by atoms with E-state index in [-0.39, 0.29) is 18.2 Å². The average Bonchev–Trinajstić information content (AvgIpc) is 3.22. The second kappa shape index (κ2) is 10.3. The van der Waals surface area contributed by atoms with Crippen molar-refractivity contribution in [3.05, 3.63) is 53.1 Å². The normalized spacial score (nSPS) is 16.9. The van der Waals surface area contributed by atoms with E-state index in [0.29, 0.717) is 42.4 Å². The molecule has 1 saturated heterocycles. The number of carbonyl (C=O) groups is 2. The Bertz CT molecular complexity index is 1020. The van der Waals surface area contributed by atoms with Crippen molar-refractivity contribution < 1.29 is 23.8 Å². The third-order valence-corrected chi connectivity index (χ3v) is 6.84. The number of carbonyl (C=O) groups excluding carboxylic acids is 2. The minimum atomic E-state index is -0.467. The van der Waals surface area contributed by atoms with Crippen molar-refractivity contribution in [2.24, 2.45) is 0 Å². The van der Waals surface area contributed by atoms with Gasteiger partial charge in [-0.1, -0.05) is 25.1 Å². The van der Waals surface area contributed by atoms with Crippen LogP contribution in [0.25, 0.3) is 0 Å². The molecule has 0 saturated carbocycles. The Morgan fingerprint density at radius 2 is 1.62 bits per heavy atom. The smallest absolute Gasteiger partial charge is 0.255 e. The summed E-state index contributed by atoms with van der Waals surface area (Å²) in [5.74, 6) is 1.44. The quantitative estimate of drug-likeness (QED) is 0.595. The Kier molecular flexibility index (Phi) is 7.26. The molecule has 0 spiro atoms. The van der Waals surface area contributed by atoms with Crippen molar-refractivity contribution in [3.8, 4) is 17.2 Å². The topological polar surface area (TPSA) is 71.6 Å². The third-order valence-electron chi connectivity index (χ3n) is 6.84. The Hall–Kier alpha value is -3.26. The lowest BCUT2D eigenvalue weighted by Gasteiger charge is -2.36. The van der Waals surface area contributed by atoms with E-state index in [2.05, 4.69) is 11.8 Å². The van der Waals surface area contributed by atoms with Crippen molar-refractivity contribution >= 4 is 11.8 Å². The number of nitrogens with zero attached hydrogens (tertiary/aromatic N) is 3. The van der Waals surface area contributed by atoms with E-state index < -0.39 is 6.04 Å². The molecule has 1 atom stereocenters. The summed E-state index contributed by atoms with van der Waals surface area (Å²) in [6.45, 7) is 6.69. The van der Waals surface area contributed by atoms with Crippen molar-refractivity contribution in [1.29, 1.82) is 0 Å². The molecule has 0 radical (unpaired) electrons. The minimum absolute atomic E-state index is 0.0401. The molecule has 0 unspecified atom stereocenters. The van der Waals surface area contributed by atoms with Gasteiger partial charge in [0.25, 0.3) is 5.91 Å². The molecule has 2 amide bonds. The van der Waals surface area contributed by atoms with E-state index >= 15 is 0 Å². The molecule has 2 aliphatic rings. The maximum absolute atomic E-state index is 13.4. The fourth-order valence-electron chi connectivity index (χ4n) is 4.84. The zero-order valence-corrected chi connectivity index (χ0v) is 20.4. The van der Waals surface area contributed by atoms with Gasteiger partial charge in [0.15, 0.2) is 11.5 Å². The summed E-state index contributed by atoms with van der Waals surface area (Å²) in [6.07, 6.45) is 0.185. The van der Waals surface area contributed by atoms with Crippen LogP contribution in [0.1, 0.15) is 40.9 Å². The second-order valence-corrected chi connectivity index (χ2v) is 8.58. The van der Waals surface area contributed by atoms with E-state index in [1.54, 1.807) is 26.2 Å². The van der Waals surface area contributed by atoms with E-state index in [4.69, 9.17) is 14.2 Å². The molecule has 2 heterocycles. The Morgan fingerprint density at radius 3 is 2.18 bits per heavy atom. The molecule has 8 heteroatoms. The van der Waals surface area contributed by atoms with Gasteiger partial charge in [-0.2, -0.15) is 0 Å². The summed E-state index contributed by atoms with van der Waals surface area (Å²) >= 11 is 0. The van der Waals surface area contributed by atoms with Crippen LogP contribution in [-0.4, -0.2) is 80.6 Å². The summed E-state index contributed by atoms with van der Waals surface area (Å²) in [6, 6.07) is 10.8. The lowest BCUT2D eigenvalue weighted by Crippen LogP contribution is -2.49. The number of amides is 2. The summed E-state index contributed by atoms with van der Waals surface area (Å²) < 4.78 is 16.6. The first-order valence-electron chi connectivity index (χ1n) is 11.7.